The van der Waals surface area contributed by atoms with Gasteiger partial charge in [0.1, 0.15) is 5.60 Å². The van der Waals surface area contributed by atoms with E-state index in [0.717, 1.165) is 25.7 Å². The zero-order chi connectivity index (χ0) is 13.1. The maximum Gasteiger partial charge on any atom is 0.410 e. The van der Waals surface area contributed by atoms with Crippen molar-refractivity contribution in [3.63, 3.8) is 0 Å². The van der Waals surface area contributed by atoms with Crippen LogP contribution in [-0.4, -0.2) is 42.8 Å². The topological polar surface area (TPSA) is 41.6 Å². The summed E-state index contributed by atoms with van der Waals surface area (Å²) in [5.41, 5.74) is -0.409. The lowest BCUT2D eigenvalue weighted by molar-refractivity contribution is 0.0180. The molecule has 1 amide bonds. The van der Waals surface area contributed by atoms with Crippen molar-refractivity contribution in [2.75, 3.05) is 14.1 Å². The summed E-state index contributed by atoms with van der Waals surface area (Å²) in [5.74, 6) is 0. The monoisotopic (exact) mass is 278 g/mol. The van der Waals surface area contributed by atoms with Crippen LogP contribution in [0.2, 0.25) is 0 Å². The second kappa shape index (κ2) is 7.19. The first-order chi connectivity index (χ1) is 7.83. The van der Waals surface area contributed by atoms with Crippen LogP contribution < -0.4 is 5.32 Å². The van der Waals surface area contributed by atoms with Gasteiger partial charge in [-0.1, -0.05) is 0 Å². The number of nitrogens with one attached hydrogen (secondary N) is 1. The highest BCUT2D eigenvalue weighted by molar-refractivity contribution is 5.85. The van der Waals surface area contributed by atoms with Crippen molar-refractivity contribution in [1.82, 2.24) is 10.2 Å². The van der Waals surface area contributed by atoms with Gasteiger partial charge in [-0.3, -0.25) is 0 Å². The van der Waals surface area contributed by atoms with E-state index in [2.05, 4.69) is 5.32 Å². The van der Waals surface area contributed by atoms with Crippen LogP contribution in [0.25, 0.3) is 0 Å². The average molecular weight is 279 g/mol. The van der Waals surface area contributed by atoms with Crippen molar-refractivity contribution in [1.29, 1.82) is 0 Å². The van der Waals surface area contributed by atoms with E-state index >= 15 is 0 Å². The highest BCUT2D eigenvalue weighted by Gasteiger charge is 2.28. The molecule has 0 bridgehead atoms. The number of hydrogen-bond acceptors (Lipinski definition) is 3. The van der Waals surface area contributed by atoms with Gasteiger partial charge in [-0.2, -0.15) is 0 Å². The average Bonchev–Trinajstić information content (AvgIpc) is 2.26. The van der Waals surface area contributed by atoms with Gasteiger partial charge in [-0.25, -0.2) is 4.79 Å². The Balaban J connectivity index is 0.00000289. The van der Waals surface area contributed by atoms with Crippen LogP contribution in [0, 0.1) is 0 Å². The van der Waals surface area contributed by atoms with Crippen molar-refractivity contribution in [3.8, 4) is 0 Å². The number of carbonyl (C=O) groups excluding carboxylic acids is 1. The zero-order valence-corrected chi connectivity index (χ0v) is 13.0. The first-order valence-corrected chi connectivity index (χ1v) is 6.46. The Morgan fingerprint density at radius 3 is 2.11 bits per heavy atom. The fourth-order valence-electron chi connectivity index (χ4n) is 2.23. The number of nitrogens with zero attached hydrogens (tertiary/aromatic N) is 1. The fourth-order valence-corrected chi connectivity index (χ4v) is 2.23. The smallest absolute Gasteiger partial charge is 0.410 e. The summed E-state index contributed by atoms with van der Waals surface area (Å²) in [4.78, 5) is 13.7. The first-order valence-electron chi connectivity index (χ1n) is 6.46. The minimum Gasteiger partial charge on any atom is -0.444 e. The van der Waals surface area contributed by atoms with Crippen LogP contribution in [0.4, 0.5) is 4.79 Å². The molecule has 1 saturated carbocycles. The maximum absolute atomic E-state index is 11.9. The molecule has 108 valence electrons. The van der Waals surface area contributed by atoms with E-state index in [9.17, 15) is 4.79 Å². The summed E-state index contributed by atoms with van der Waals surface area (Å²) < 4.78 is 5.38. The standard InChI is InChI=1S/C13H26N2O2.ClH/c1-13(2,3)17-12(16)15(5)11-8-6-10(14-4)7-9-11;/h10-11,14H,6-9H2,1-5H3;1H. The van der Waals surface area contributed by atoms with Crippen LogP contribution >= 0.6 is 12.4 Å². The molecular weight excluding hydrogens is 252 g/mol. The Morgan fingerprint density at radius 1 is 1.22 bits per heavy atom. The molecule has 1 aliphatic carbocycles. The Labute approximate surface area is 117 Å². The predicted molar refractivity (Wildman–Crippen MR) is 76.3 cm³/mol. The van der Waals surface area contributed by atoms with Gasteiger partial charge in [0.2, 0.25) is 0 Å². The van der Waals surface area contributed by atoms with Crippen LogP contribution in [0.5, 0.6) is 0 Å². The van der Waals surface area contributed by atoms with Gasteiger partial charge in [0.25, 0.3) is 0 Å². The molecule has 0 spiro atoms. The van der Waals surface area contributed by atoms with Gasteiger partial charge in [0.15, 0.2) is 0 Å². The normalized spacial score (nSPS) is 24.1. The lowest BCUT2D eigenvalue weighted by Gasteiger charge is -2.35. The van der Waals surface area contributed by atoms with E-state index in [-0.39, 0.29) is 18.5 Å². The molecular formula is C13H27ClN2O2. The SMILES string of the molecule is CNC1CCC(N(C)C(=O)OC(C)(C)C)CC1.Cl. The van der Waals surface area contributed by atoms with Gasteiger partial charge in [0.05, 0.1) is 0 Å². The number of amides is 1. The molecule has 0 heterocycles. The van der Waals surface area contributed by atoms with Gasteiger partial charge in [-0.05, 0) is 53.5 Å². The Hall–Kier alpha value is -0.480. The third-order valence-corrected chi connectivity index (χ3v) is 3.33. The third kappa shape index (κ3) is 5.44. The van der Waals surface area contributed by atoms with E-state index in [1.54, 1.807) is 4.90 Å². The molecule has 1 fully saturated rings. The van der Waals surface area contributed by atoms with E-state index in [1.807, 2.05) is 34.9 Å². The quantitative estimate of drug-likeness (QED) is 0.844. The number of halogens is 1. The van der Waals surface area contributed by atoms with E-state index in [4.69, 9.17) is 4.74 Å². The molecule has 1 N–H and O–H groups in total. The minimum absolute atomic E-state index is 0. The lowest BCUT2D eigenvalue weighted by Crippen LogP contribution is -2.44. The van der Waals surface area contributed by atoms with Crippen molar-refractivity contribution >= 4 is 18.5 Å². The Bertz CT molecular complexity index is 258. The van der Waals surface area contributed by atoms with Gasteiger partial charge >= 0.3 is 6.09 Å². The highest BCUT2D eigenvalue weighted by atomic mass is 35.5. The van der Waals surface area contributed by atoms with E-state index < -0.39 is 5.60 Å². The second-order valence-electron chi connectivity index (χ2n) is 5.89. The number of hydrogen-bond donors (Lipinski definition) is 1. The van der Waals surface area contributed by atoms with Crippen molar-refractivity contribution in [2.45, 2.75) is 64.1 Å². The maximum atomic E-state index is 11.9. The Morgan fingerprint density at radius 2 is 1.72 bits per heavy atom. The summed E-state index contributed by atoms with van der Waals surface area (Å²) in [6, 6.07) is 0.938. The molecule has 0 atom stereocenters. The molecule has 0 saturated heterocycles. The number of carbonyl (C=O) groups is 1. The van der Waals surface area contributed by atoms with Crippen LogP contribution in [0.15, 0.2) is 0 Å². The summed E-state index contributed by atoms with van der Waals surface area (Å²) >= 11 is 0. The molecule has 0 radical (unpaired) electrons. The molecule has 0 unspecified atom stereocenters. The highest BCUT2D eigenvalue weighted by Crippen LogP contribution is 2.23. The third-order valence-electron chi connectivity index (χ3n) is 3.33. The molecule has 0 aliphatic heterocycles. The predicted octanol–water partition coefficient (Wildman–Crippen LogP) is 2.81. The van der Waals surface area contributed by atoms with Gasteiger partial charge < -0.3 is 15.0 Å². The zero-order valence-electron chi connectivity index (χ0n) is 12.2. The first kappa shape index (κ1) is 17.5. The molecule has 4 nitrogen and oxygen atoms in total. The number of ether oxygens (including phenoxy) is 1. The molecule has 0 aromatic rings. The molecule has 1 aliphatic rings. The molecule has 18 heavy (non-hydrogen) atoms. The molecule has 0 aromatic carbocycles. The van der Waals surface area contributed by atoms with E-state index in [0.29, 0.717) is 12.1 Å². The van der Waals surface area contributed by atoms with Gasteiger partial charge in [0, 0.05) is 19.1 Å². The summed E-state index contributed by atoms with van der Waals surface area (Å²) in [5, 5.41) is 3.30. The largest absolute Gasteiger partial charge is 0.444 e. The molecule has 5 heteroatoms. The summed E-state index contributed by atoms with van der Waals surface area (Å²) in [6.45, 7) is 5.70. The molecule has 1 rings (SSSR count). The van der Waals surface area contributed by atoms with E-state index in [1.165, 1.54) is 0 Å². The van der Waals surface area contributed by atoms with Crippen LogP contribution in [0.3, 0.4) is 0 Å². The van der Waals surface area contributed by atoms with Crippen molar-refractivity contribution in [3.05, 3.63) is 0 Å². The Kier molecular flexibility index (Phi) is 7.00. The van der Waals surface area contributed by atoms with Gasteiger partial charge in [-0.15, -0.1) is 12.4 Å². The minimum atomic E-state index is -0.409. The fraction of sp³-hybridized carbons (Fsp3) is 0.923. The lowest BCUT2D eigenvalue weighted by atomic mass is 9.90. The van der Waals surface area contributed by atoms with Crippen molar-refractivity contribution in [2.24, 2.45) is 0 Å². The number of rotatable bonds is 2. The van der Waals surface area contributed by atoms with Crippen LogP contribution in [-0.2, 0) is 4.74 Å². The molecule has 0 aromatic heterocycles. The summed E-state index contributed by atoms with van der Waals surface area (Å²) in [6.07, 6.45) is 4.18. The van der Waals surface area contributed by atoms with Crippen LogP contribution in [0.1, 0.15) is 46.5 Å². The van der Waals surface area contributed by atoms with Crippen molar-refractivity contribution < 1.29 is 9.53 Å². The summed E-state index contributed by atoms with van der Waals surface area (Å²) in [7, 11) is 3.85. The second-order valence-corrected chi connectivity index (χ2v) is 5.89.